The Morgan fingerprint density at radius 3 is 2.56 bits per heavy atom. The molecule has 3 rings (SSSR count). The summed E-state index contributed by atoms with van der Waals surface area (Å²) in [7, 11) is -4.77. The van der Waals surface area contributed by atoms with Crippen molar-refractivity contribution in [3.8, 4) is 5.75 Å². The summed E-state index contributed by atoms with van der Waals surface area (Å²) in [6.45, 7) is 0. The highest BCUT2D eigenvalue weighted by atomic mass is 35.5. The Labute approximate surface area is 163 Å². The predicted molar refractivity (Wildman–Crippen MR) is 107 cm³/mol. The second-order valence-electron chi connectivity index (χ2n) is 5.76. The molecule has 1 heterocycles. The lowest BCUT2D eigenvalue weighted by molar-refractivity contribution is -0.120. The quantitative estimate of drug-likeness (QED) is 0.458. The van der Waals surface area contributed by atoms with E-state index in [1.807, 2.05) is 0 Å². The van der Waals surface area contributed by atoms with Gasteiger partial charge in [0.1, 0.15) is 5.75 Å². The highest BCUT2D eigenvalue weighted by Gasteiger charge is 2.38. The fourth-order valence-electron chi connectivity index (χ4n) is 2.59. The molecule has 0 aliphatic heterocycles. The van der Waals surface area contributed by atoms with Gasteiger partial charge >= 0.3 is 7.60 Å². The molecule has 6 nitrogen and oxygen atoms in total. The third-order valence-electron chi connectivity index (χ3n) is 3.84. The molecule has 0 fully saturated rings. The average molecular weight is 424 g/mol. The summed E-state index contributed by atoms with van der Waals surface area (Å²) >= 11 is 7.27. The van der Waals surface area contributed by atoms with Crippen molar-refractivity contribution in [2.45, 2.75) is 5.66 Å². The van der Waals surface area contributed by atoms with Gasteiger partial charge in [-0.25, -0.2) is 0 Å². The van der Waals surface area contributed by atoms with E-state index in [0.717, 1.165) is 4.70 Å². The Bertz CT molecular complexity index is 1060. The normalized spacial score (nSPS) is 13.1. The first kappa shape index (κ1) is 19.6. The minimum atomic E-state index is -4.77. The first-order valence-electron chi connectivity index (χ1n) is 7.73. The van der Waals surface area contributed by atoms with Crippen LogP contribution in [0, 0.1) is 0 Å². The zero-order valence-corrected chi connectivity index (χ0v) is 16.2. The molecule has 4 N–H and O–H groups in total. The molecule has 0 spiro atoms. The summed E-state index contributed by atoms with van der Waals surface area (Å²) < 4.78 is 12.8. The summed E-state index contributed by atoms with van der Waals surface area (Å²) in [5.74, 6) is -0.709. The largest absolute Gasteiger partial charge is 0.508 e. The number of carbonyl (C=O) groups excluding carboxylic acids is 1. The zero-order chi connectivity index (χ0) is 19.6. The lowest BCUT2D eigenvalue weighted by Gasteiger charge is -2.16. The van der Waals surface area contributed by atoms with Gasteiger partial charge in [0.25, 0.3) is 0 Å². The molecule has 9 heteroatoms. The number of aromatic hydroxyl groups is 1. The highest BCUT2D eigenvalue weighted by molar-refractivity contribution is 7.53. The number of rotatable bonds is 5. The van der Waals surface area contributed by atoms with Gasteiger partial charge in [0.2, 0.25) is 5.91 Å². The van der Waals surface area contributed by atoms with Gasteiger partial charge in [-0.1, -0.05) is 23.7 Å². The fourth-order valence-corrected chi connectivity index (χ4v) is 4.79. The van der Waals surface area contributed by atoms with Gasteiger partial charge in [-0.2, -0.15) is 0 Å². The average Bonchev–Trinajstić information content (AvgIpc) is 2.98. The third-order valence-corrected chi connectivity index (χ3v) is 6.24. The molecule has 0 radical (unpaired) electrons. The number of halogens is 1. The van der Waals surface area contributed by atoms with E-state index in [1.54, 1.807) is 41.8 Å². The van der Waals surface area contributed by atoms with Crippen molar-refractivity contribution in [2.24, 2.45) is 0 Å². The predicted octanol–water partition coefficient (Wildman–Crippen LogP) is 4.27. The monoisotopic (exact) mass is 423 g/mol. The van der Waals surface area contributed by atoms with Crippen LogP contribution in [0.4, 0.5) is 0 Å². The summed E-state index contributed by atoms with van der Waals surface area (Å²) in [4.78, 5) is 32.1. The molecule has 140 valence electrons. The number of fused-ring (bicyclic) bond motifs is 1. The van der Waals surface area contributed by atoms with E-state index in [9.17, 15) is 24.3 Å². The Balaban J connectivity index is 1.88. The van der Waals surface area contributed by atoms with Crippen LogP contribution in [0.3, 0.4) is 0 Å². The van der Waals surface area contributed by atoms with E-state index >= 15 is 0 Å². The minimum absolute atomic E-state index is 0.112. The van der Waals surface area contributed by atoms with Crippen molar-refractivity contribution >= 4 is 52.6 Å². The van der Waals surface area contributed by atoms with Gasteiger partial charge in [0.05, 0.1) is 0 Å². The highest BCUT2D eigenvalue weighted by Crippen LogP contribution is 2.54. The summed E-state index contributed by atoms with van der Waals surface area (Å²) in [5, 5.41) is 14.2. The van der Waals surface area contributed by atoms with Crippen molar-refractivity contribution in [3.63, 3.8) is 0 Å². The van der Waals surface area contributed by atoms with E-state index in [2.05, 4.69) is 5.32 Å². The van der Waals surface area contributed by atoms with E-state index in [0.29, 0.717) is 16.0 Å². The lowest BCUT2D eigenvalue weighted by Crippen LogP contribution is -2.25. The van der Waals surface area contributed by atoms with E-state index in [4.69, 9.17) is 11.6 Å². The number of amides is 1. The molecule has 1 aromatic heterocycles. The molecule has 1 unspecified atom stereocenters. The van der Waals surface area contributed by atoms with Gasteiger partial charge < -0.3 is 20.2 Å². The number of carbonyl (C=O) groups is 1. The van der Waals surface area contributed by atoms with Crippen LogP contribution < -0.4 is 5.32 Å². The van der Waals surface area contributed by atoms with Crippen LogP contribution in [0.1, 0.15) is 16.8 Å². The Morgan fingerprint density at radius 1 is 1.19 bits per heavy atom. The summed E-state index contributed by atoms with van der Waals surface area (Å²) in [6, 6.07) is 11.2. The number of hydrogen-bond donors (Lipinski definition) is 4. The standard InChI is InChI=1S/C18H15ClNO5PS/c19-12-3-6-16-14(9-12)15(10-27-16)17(26(23,24)25)18(22)20-8-7-11-1-4-13(21)5-2-11/h1-10,17,21H,(H,20,22)(H2,23,24,25). The molecule has 3 aromatic rings. The molecule has 2 aromatic carbocycles. The van der Waals surface area contributed by atoms with Gasteiger partial charge in [-0.15, -0.1) is 11.3 Å². The van der Waals surface area contributed by atoms with Crippen molar-refractivity contribution in [1.29, 1.82) is 0 Å². The number of nitrogens with one attached hydrogen (secondary N) is 1. The van der Waals surface area contributed by atoms with Crippen LogP contribution in [0.15, 0.2) is 54.0 Å². The van der Waals surface area contributed by atoms with E-state index < -0.39 is 19.2 Å². The second-order valence-corrected chi connectivity index (χ2v) is 8.80. The lowest BCUT2D eigenvalue weighted by atomic mass is 10.1. The molecule has 0 bridgehead atoms. The number of hydrogen-bond acceptors (Lipinski definition) is 4. The van der Waals surface area contributed by atoms with Crippen LogP contribution in [0.5, 0.6) is 5.75 Å². The zero-order valence-electron chi connectivity index (χ0n) is 13.7. The molecule has 0 aliphatic rings. The van der Waals surface area contributed by atoms with Crippen LogP contribution in [-0.4, -0.2) is 20.8 Å². The van der Waals surface area contributed by atoms with Crippen LogP contribution >= 0.6 is 30.5 Å². The van der Waals surface area contributed by atoms with Gasteiger partial charge in [0.15, 0.2) is 5.66 Å². The maximum absolute atomic E-state index is 12.5. The van der Waals surface area contributed by atoms with Crippen LogP contribution in [0.25, 0.3) is 16.2 Å². The van der Waals surface area contributed by atoms with Crippen molar-refractivity contribution in [3.05, 3.63) is 70.2 Å². The molecule has 0 saturated carbocycles. The summed E-state index contributed by atoms with van der Waals surface area (Å²) in [6.07, 6.45) is 2.86. The van der Waals surface area contributed by atoms with Gasteiger partial charge in [-0.3, -0.25) is 9.36 Å². The number of phenolic OH excluding ortho intramolecular Hbond substituents is 1. The fraction of sp³-hybridized carbons (Fsp3) is 0.0556. The van der Waals surface area contributed by atoms with Crippen LogP contribution in [0.2, 0.25) is 5.02 Å². The number of phenols is 1. The number of benzene rings is 2. The molecule has 0 aliphatic carbocycles. The first-order chi connectivity index (χ1) is 12.8. The molecule has 1 atom stereocenters. The molecule has 27 heavy (non-hydrogen) atoms. The minimum Gasteiger partial charge on any atom is -0.508 e. The molecule has 1 amide bonds. The number of thiophene rings is 1. The van der Waals surface area contributed by atoms with Gasteiger partial charge in [0, 0.05) is 15.9 Å². The van der Waals surface area contributed by atoms with E-state index in [-0.39, 0.29) is 11.3 Å². The third kappa shape index (κ3) is 4.58. The maximum atomic E-state index is 12.5. The Morgan fingerprint density at radius 2 is 1.89 bits per heavy atom. The molecular weight excluding hydrogens is 409 g/mol. The van der Waals surface area contributed by atoms with Crippen LogP contribution in [-0.2, 0) is 9.36 Å². The molecular formula is C18H15ClNO5PS. The topological polar surface area (TPSA) is 107 Å². The van der Waals surface area contributed by atoms with Gasteiger partial charge in [-0.05, 0) is 58.3 Å². The smallest absolute Gasteiger partial charge is 0.342 e. The SMILES string of the molecule is O=C(NC=Cc1ccc(O)cc1)C(c1csc2ccc(Cl)cc12)P(=O)(O)O. The first-order valence-corrected chi connectivity index (χ1v) is 10.7. The Kier molecular flexibility index (Phi) is 5.69. The van der Waals surface area contributed by atoms with E-state index in [1.165, 1.54) is 29.7 Å². The second kappa shape index (κ2) is 7.84. The summed E-state index contributed by atoms with van der Waals surface area (Å²) in [5.41, 5.74) is -0.704. The molecule has 0 saturated heterocycles. The van der Waals surface area contributed by atoms with Crippen molar-refractivity contribution in [2.75, 3.05) is 0 Å². The van der Waals surface area contributed by atoms with Crippen molar-refractivity contribution in [1.82, 2.24) is 5.32 Å². The van der Waals surface area contributed by atoms with Crippen molar-refractivity contribution < 1.29 is 24.3 Å². The maximum Gasteiger partial charge on any atom is 0.342 e. The Hall–Kier alpha value is -2.15.